The fourth-order valence-corrected chi connectivity index (χ4v) is 3.63. The summed E-state index contributed by atoms with van der Waals surface area (Å²) in [5.41, 5.74) is 1.69. The van der Waals surface area contributed by atoms with Crippen molar-refractivity contribution in [2.75, 3.05) is 41.0 Å². The second-order valence-electron chi connectivity index (χ2n) is 6.82. The Bertz CT molecular complexity index is 803. The van der Waals surface area contributed by atoms with Gasteiger partial charge < -0.3 is 19.5 Å². The van der Waals surface area contributed by atoms with Gasteiger partial charge in [-0.25, -0.2) is 0 Å². The maximum atomic E-state index is 12.7. The lowest BCUT2D eigenvalue weighted by molar-refractivity contribution is 0.0937. The zero-order valence-electron chi connectivity index (χ0n) is 16.7. The van der Waals surface area contributed by atoms with Gasteiger partial charge in [0.2, 0.25) is 0 Å². The number of nitrogens with one attached hydrogen (secondary N) is 1. The van der Waals surface area contributed by atoms with Crippen LogP contribution in [0.1, 0.15) is 34.8 Å². The first-order valence-electron chi connectivity index (χ1n) is 9.54. The molecule has 1 fully saturated rings. The van der Waals surface area contributed by atoms with Gasteiger partial charge >= 0.3 is 0 Å². The van der Waals surface area contributed by atoms with Crippen molar-refractivity contribution in [1.82, 2.24) is 10.2 Å². The number of carbonyl (C=O) groups excluding carboxylic acids is 1. The third kappa shape index (κ3) is 4.57. The lowest BCUT2D eigenvalue weighted by Crippen LogP contribution is -2.36. The maximum Gasteiger partial charge on any atom is 0.251 e. The Balaban J connectivity index is 1.78. The van der Waals surface area contributed by atoms with Crippen LogP contribution >= 0.6 is 0 Å². The number of benzene rings is 2. The second-order valence-corrected chi connectivity index (χ2v) is 6.82. The van der Waals surface area contributed by atoms with E-state index in [0.29, 0.717) is 29.4 Å². The summed E-state index contributed by atoms with van der Waals surface area (Å²) < 4.78 is 16.0. The molecule has 1 aliphatic rings. The normalized spacial score (nSPS) is 15.1. The number of hydrogen-bond donors (Lipinski definition) is 1. The summed E-state index contributed by atoms with van der Waals surface area (Å²) in [7, 11) is 4.86. The van der Waals surface area contributed by atoms with Crippen LogP contribution in [0, 0.1) is 0 Å². The van der Waals surface area contributed by atoms with E-state index in [1.807, 2.05) is 30.3 Å². The van der Waals surface area contributed by atoms with Crippen molar-refractivity contribution in [3.63, 3.8) is 0 Å². The number of hydrogen-bond acceptors (Lipinski definition) is 5. The first-order valence-corrected chi connectivity index (χ1v) is 9.54. The second kappa shape index (κ2) is 9.46. The molecule has 1 atom stereocenters. The van der Waals surface area contributed by atoms with Gasteiger partial charge in [0, 0.05) is 12.1 Å². The van der Waals surface area contributed by atoms with Gasteiger partial charge in [0.25, 0.3) is 5.91 Å². The van der Waals surface area contributed by atoms with Gasteiger partial charge in [0.1, 0.15) is 5.75 Å². The van der Waals surface area contributed by atoms with Crippen molar-refractivity contribution in [3.05, 3.63) is 53.6 Å². The standard InChI is InChI=1S/C22H28N2O4/c1-26-18-8-6-7-17(13-18)22(25)23-15-19(24-11-4-5-12-24)16-9-10-20(27-2)21(14-16)28-3/h6-10,13-14,19H,4-5,11-12,15H2,1-3H3,(H,23,25). The van der Waals surface area contributed by atoms with Gasteiger partial charge in [-0.1, -0.05) is 12.1 Å². The first-order chi connectivity index (χ1) is 13.7. The largest absolute Gasteiger partial charge is 0.497 e. The summed E-state index contributed by atoms with van der Waals surface area (Å²) in [4.78, 5) is 15.1. The highest BCUT2D eigenvalue weighted by molar-refractivity contribution is 5.94. The minimum absolute atomic E-state index is 0.0804. The molecule has 1 amide bonds. The summed E-state index contributed by atoms with van der Waals surface area (Å²) in [5.74, 6) is 1.96. The average Bonchev–Trinajstić information content (AvgIpc) is 3.28. The van der Waals surface area contributed by atoms with E-state index in [0.717, 1.165) is 18.7 Å². The molecule has 150 valence electrons. The van der Waals surface area contributed by atoms with Gasteiger partial charge in [-0.2, -0.15) is 0 Å². The molecule has 0 radical (unpaired) electrons. The summed E-state index contributed by atoms with van der Waals surface area (Å²) in [5, 5.41) is 3.08. The quantitative estimate of drug-likeness (QED) is 0.757. The van der Waals surface area contributed by atoms with E-state index in [9.17, 15) is 4.79 Å². The maximum absolute atomic E-state index is 12.7. The number of methoxy groups -OCH3 is 3. The summed E-state index contributed by atoms with van der Waals surface area (Å²) in [6.07, 6.45) is 2.35. The van der Waals surface area contributed by atoms with Gasteiger partial charge in [-0.15, -0.1) is 0 Å². The Kier molecular flexibility index (Phi) is 6.76. The van der Waals surface area contributed by atoms with Crippen LogP contribution in [0.4, 0.5) is 0 Å². The lowest BCUT2D eigenvalue weighted by atomic mass is 10.0. The minimum atomic E-state index is -0.108. The van der Waals surface area contributed by atoms with Crippen LogP contribution in [-0.2, 0) is 0 Å². The van der Waals surface area contributed by atoms with E-state index in [1.54, 1.807) is 33.5 Å². The molecule has 2 aromatic rings. The molecule has 0 spiro atoms. The fourth-order valence-electron chi connectivity index (χ4n) is 3.63. The van der Waals surface area contributed by atoms with Crippen LogP contribution in [0.15, 0.2) is 42.5 Å². The smallest absolute Gasteiger partial charge is 0.251 e. The van der Waals surface area contributed by atoms with Crippen LogP contribution in [0.2, 0.25) is 0 Å². The number of likely N-dealkylation sites (tertiary alicyclic amines) is 1. The number of rotatable bonds is 8. The SMILES string of the molecule is COc1cccc(C(=O)NCC(c2ccc(OC)c(OC)c2)N2CCCC2)c1. The highest BCUT2D eigenvalue weighted by atomic mass is 16.5. The first kappa shape index (κ1) is 20.0. The highest BCUT2D eigenvalue weighted by Gasteiger charge is 2.25. The van der Waals surface area contributed by atoms with Crippen molar-refractivity contribution < 1.29 is 19.0 Å². The van der Waals surface area contributed by atoms with E-state index in [2.05, 4.69) is 10.2 Å². The van der Waals surface area contributed by atoms with Gasteiger partial charge in [-0.05, 0) is 61.8 Å². The van der Waals surface area contributed by atoms with E-state index >= 15 is 0 Å². The monoisotopic (exact) mass is 384 g/mol. The molecule has 3 rings (SSSR count). The highest BCUT2D eigenvalue weighted by Crippen LogP contribution is 2.33. The molecule has 6 nitrogen and oxygen atoms in total. The zero-order chi connectivity index (χ0) is 19.9. The Morgan fingerprint density at radius 2 is 1.75 bits per heavy atom. The minimum Gasteiger partial charge on any atom is -0.497 e. The molecule has 2 aromatic carbocycles. The Morgan fingerprint density at radius 3 is 2.43 bits per heavy atom. The molecule has 1 N–H and O–H groups in total. The molecule has 28 heavy (non-hydrogen) atoms. The van der Waals surface area contributed by atoms with Crippen molar-refractivity contribution in [1.29, 1.82) is 0 Å². The molecule has 1 saturated heterocycles. The van der Waals surface area contributed by atoms with Crippen LogP contribution in [0.5, 0.6) is 17.2 Å². The van der Waals surface area contributed by atoms with E-state index in [-0.39, 0.29) is 11.9 Å². The molecule has 0 aromatic heterocycles. The Hall–Kier alpha value is -2.73. The van der Waals surface area contributed by atoms with Crippen molar-refractivity contribution in [3.8, 4) is 17.2 Å². The van der Waals surface area contributed by atoms with Crippen molar-refractivity contribution in [2.45, 2.75) is 18.9 Å². The van der Waals surface area contributed by atoms with Gasteiger partial charge in [0.15, 0.2) is 11.5 Å². The molecular formula is C22H28N2O4. The number of ether oxygens (including phenoxy) is 3. The van der Waals surface area contributed by atoms with Crippen LogP contribution < -0.4 is 19.5 Å². The summed E-state index contributed by atoms with van der Waals surface area (Å²) in [6.45, 7) is 2.56. The predicted molar refractivity (Wildman–Crippen MR) is 108 cm³/mol. The lowest BCUT2D eigenvalue weighted by Gasteiger charge is -2.28. The van der Waals surface area contributed by atoms with E-state index < -0.39 is 0 Å². The van der Waals surface area contributed by atoms with Crippen molar-refractivity contribution >= 4 is 5.91 Å². The predicted octanol–water partition coefficient (Wildman–Crippen LogP) is 3.28. The number of nitrogens with zero attached hydrogens (tertiary/aromatic N) is 1. The van der Waals surface area contributed by atoms with Crippen LogP contribution in [-0.4, -0.2) is 51.8 Å². The van der Waals surface area contributed by atoms with E-state index in [1.165, 1.54) is 12.8 Å². The zero-order valence-corrected chi connectivity index (χ0v) is 16.7. The molecule has 0 bridgehead atoms. The third-order valence-corrected chi connectivity index (χ3v) is 5.16. The molecular weight excluding hydrogens is 356 g/mol. The topological polar surface area (TPSA) is 60.0 Å². The molecule has 1 heterocycles. The number of carbonyl (C=O) groups is 1. The Labute approximate surface area is 166 Å². The summed E-state index contributed by atoms with van der Waals surface area (Å²) in [6, 6.07) is 13.2. The van der Waals surface area contributed by atoms with Crippen LogP contribution in [0.3, 0.4) is 0 Å². The Morgan fingerprint density at radius 1 is 1.00 bits per heavy atom. The van der Waals surface area contributed by atoms with Crippen LogP contribution in [0.25, 0.3) is 0 Å². The third-order valence-electron chi connectivity index (χ3n) is 5.16. The van der Waals surface area contributed by atoms with E-state index in [4.69, 9.17) is 14.2 Å². The fraction of sp³-hybridized carbons (Fsp3) is 0.409. The molecule has 0 saturated carbocycles. The molecule has 0 aliphatic carbocycles. The molecule has 1 aliphatic heterocycles. The average molecular weight is 384 g/mol. The molecule has 1 unspecified atom stereocenters. The van der Waals surface area contributed by atoms with Gasteiger partial charge in [-0.3, -0.25) is 9.69 Å². The molecule has 6 heteroatoms. The summed E-state index contributed by atoms with van der Waals surface area (Å²) >= 11 is 0. The number of amides is 1. The van der Waals surface area contributed by atoms with Crippen molar-refractivity contribution in [2.24, 2.45) is 0 Å². The van der Waals surface area contributed by atoms with Gasteiger partial charge in [0.05, 0.1) is 27.4 Å².